The third-order valence-corrected chi connectivity index (χ3v) is 4.90. The Bertz CT molecular complexity index is 929. The topological polar surface area (TPSA) is 287 Å². The highest BCUT2D eigenvalue weighted by Gasteiger charge is 2.30. The number of nitrogens with two attached hydrogens (primary N) is 4. The van der Waals surface area contributed by atoms with Crippen LogP contribution in [0.25, 0.3) is 0 Å². The summed E-state index contributed by atoms with van der Waals surface area (Å²) in [6.45, 7) is 1.59. The third kappa shape index (κ3) is 11.3. The van der Waals surface area contributed by atoms with Crippen LogP contribution in [0.15, 0.2) is 17.5 Å². The summed E-state index contributed by atoms with van der Waals surface area (Å²) in [5.74, 6) is -4.40. The van der Waals surface area contributed by atoms with Crippen LogP contribution in [0.3, 0.4) is 0 Å². The second kappa shape index (κ2) is 14.9. The predicted octanol–water partition coefficient (Wildman–Crippen LogP) is -3.84. The van der Waals surface area contributed by atoms with Gasteiger partial charge in [-0.25, -0.2) is 9.78 Å². The van der Waals surface area contributed by atoms with E-state index >= 15 is 0 Å². The molecule has 0 spiro atoms. The summed E-state index contributed by atoms with van der Waals surface area (Å²) in [6, 6.07) is -4.65. The van der Waals surface area contributed by atoms with Gasteiger partial charge >= 0.3 is 5.97 Å². The fourth-order valence-corrected chi connectivity index (χ4v) is 2.99. The van der Waals surface area contributed by atoms with Gasteiger partial charge in [-0.15, -0.1) is 0 Å². The van der Waals surface area contributed by atoms with E-state index in [4.69, 9.17) is 22.9 Å². The molecule has 0 aliphatic carbocycles. The normalized spacial score (nSPS) is 13.9. The molecular formula is C20H34N10O6. The van der Waals surface area contributed by atoms with Crippen molar-refractivity contribution < 1.29 is 29.1 Å². The molecule has 1 aromatic heterocycles. The maximum atomic E-state index is 13.1. The van der Waals surface area contributed by atoms with Crippen LogP contribution in [0.2, 0.25) is 0 Å². The van der Waals surface area contributed by atoms with Crippen molar-refractivity contribution in [3.63, 3.8) is 0 Å². The highest BCUT2D eigenvalue weighted by atomic mass is 16.4. The van der Waals surface area contributed by atoms with E-state index in [1.165, 1.54) is 19.4 Å². The van der Waals surface area contributed by atoms with Crippen molar-refractivity contribution in [2.75, 3.05) is 6.54 Å². The lowest BCUT2D eigenvalue weighted by Gasteiger charge is -2.24. The molecule has 0 aliphatic rings. The number of hydrogen-bond donors (Lipinski definition) is 9. The molecule has 0 aliphatic heterocycles. The second-order valence-electron chi connectivity index (χ2n) is 8.05. The number of primary amides is 1. The largest absolute Gasteiger partial charge is 0.480 e. The number of guanidine groups is 1. The zero-order chi connectivity index (χ0) is 27.3. The van der Waals surface area contributed by atoms with Crippen molar-refractivity contribution in [1.29, 1.82) is 0 Å². The van der Waals surface area contributed by atoms with Gasteiger partial charge in [0.25, 0.3) is 0 Å². The van der Waals surface area contributed by atoms with Crippen molar-refractivity contribution in [1.82, 2.24) is 25.9 Å². The molecule has 0 aromatic carbocycles. The van der Waals surface area contributed by atoms with Crippen molar-refractivity contribution in [2.24, 2.45) is 27.9 Å². The Morgan fingerprint density at radius 3 is 2.14 bits per heavy atom. The standard InChI is InChI=1S/C20H34N10O6/c1-10(21)16(32)30-14(7-11-8-25-9-27-11)18(34)28-12(3-2-6-26-20(23)24)17(33)29-13(19(35)36)4-5-15(22)31/h8-10,12-14H,2-7,21H2,1H3,(H2,22,31)(H,25,27)(H,28,34)(H,29,33)(H,30,32)(H,35,36)(H4,23,24,26). The molecule has 4 atom stereocenters. The van der Waals surface area contributed by atoms with Gasteiger partial charge in [-0.1, -0.05) is 0 Å². The van der Waals surface area contributed by atoms with E-state index in [9.17, 15) is 29.1 Å². The summed E-state index contributed by atoms with van der Waals surface area (Å²) >= 11 is 0. The minimum atomic E-state index is -1.42. The molecule has 0 radical (unpaired) electrons. The first kappa shape index (κ1) is 29.8. The van der Waals surface area contributed by atoms with Crippen LogP contribution >= 0.6 is 0 Å². The number of nitrogens with zero attached hydrogens (tertiary/aromatic N) is 2. The molecule has 0 fully saturated rings. The molecule has 0 bridgehead atoms. The van der Waals surface area contributed by atoms with E-state index in [0.29, 0.717) is 5.69 Å². The second-order valence-corrected chi connectivity index (χ2v) is 8.05. The number of aliphatic carboxylic acids is 1. The number of amides is 4. The van der Waals surface area contributed by atoms with Crippen LogP contribution in [-0.4, -0.2) is 81.3 Å². The highest BCUT2D eigenvalue weighted by Crippen LogP contribution is 2.06. The summed E-state index contributed by atoms with van der Waals surface area (Å²) in [4.78, 5) is 71.3. The molecular weight excluding hydrogens is 476 g/mol. The fraction of sp³-hybridized carbons (Fsp3) is 0.550. The number of carbonyl (C=O) groups excluding carboxylic acids is 4. The predicted molar refractivity (Wildman–Crippen MR) is 128 cm³/mol. The Morgan fingerprint density at radius 1 is 1.00 bits per heavy atom. The van der Waals surface area contributed by atoms with E-state index < -0.39 is 53.8 Å². The molecule has 200 valence electrons. The van der Waals surface area contributed by atoms with E-state index in [1.807, 2.05) is 0 Å². The van der Waals surface area contributed by atoms with Gasteiger partial charge in [0, 0.05) is 31.3 Å². The number of aliphatic imine (C=N–C) groups is 1. The first-order valence-electron chi connectivity index (χ1n) is 11.1. The highest BCUT2D eigenvalue weighted by molar-refractivity contribution is 5.94. The van der Waals surface area contributed by atoms with Crippen LogP contribution in [0, 0.1) is 0 Å². The molecule has 36 heavy (non-hydrogen) atoms. The van der Waals surface area contributed by atoms with E-state index in [1.54, 1.807) is 0 Å². The summed E-state index contributed by atoms with van der Waals surface area (Å²) in [6.07, 6.45) is 2.67. The van der Waals surface area contributed by atoms with Gasteiger partial charge < -0.3 is 49.0 Å². The average molecular weight is 511 g/mol. The number of imidazole rings is 1. The van der Waals surface area contributed by atoms with E-state index in [0.717, 1.165) is 0 Å². The minimum absolute atomic E-state index is 0.0169. The number of carboxylic acid groups (broad SMARTS) is 1. The van der Waals surface area contributed by atoms with Gasteiger partial charge in [-0.2, -0.15) is 0 Å². The van der Waals surface area contributed by atoms with Gasteiger partial charge in [0.15, 0.2) is 5.96 Å². The van der Waals surface area contributed by atoms with Gasteiger partial charge in [-0.3, -0.25) is 24.2 Å². The van der Waals surface area contributed by atoms with E-state index in [-0.39, 0.29) is 44.6 Å². The zero-order valence-corrected chi connectivity index (χ0v) is 19.9. The Kier molecular flexibility index (Phi) is 12.4. The smallest absolute Gasteiger partial charge is 0.326 e. The molecule has 4 amide bonds. The van der Waals surface area contributed by atoms with Crippen LogP contribution < -0.4 is 38.9 Å². The number of carboxylic acids is 1. The van der Waals surface area contributed by atoms with Gasteiger partial charge in [0.1, 0.15) is 18.1 Å². The number of carbonyl (C=O) groups is 5. The van der Waals surface area contributed by atoms with Crippen LogP contribution in [0.1, 0.15) is 38.3 Å². The number of nitrogens with one attached hydrogen (secondary N) is 4. The number of rotatable bonds is 16. The van der Waals surface area contributed by atoms with Gasteiger partial charge in [0.05, 0.1) is 12.4 Å². The molecule has 4 unspecified atom stereocenters. The summed E-state index contributed by atoms with van der Waals surface area (Å²) in [7, 11) is 0. The Labute approximate surface area is 207 Å². The lowest BCUT2D eigenvalue weighted by Crippen LogP contribution is -2.57. The summed E-state index contributed by atoms with van der Waals surface area (Å²) in [5, 5.41) is 16.7. The number of hydrogen-bond acceptors (Lipinski definition) is 8. The Morgan fingerprint density at radius 2 is 1.61 bits per heavy atom. The van der Waals surface area contributed by atoms with Crippen molar-refractivity contribution in [3.8, 4) is 0 Å². The first-order chi connectivity index (χ1) is 16.9. The number of H-pyrrole nitrogens is 1. The quantitative estimate of drug-likeness (QED) is 0.0592. The Hall–Kier alpha value is -4.21. The van der Waals surface area contributed by atoms with Crippen LogP contribution in [0.5, 0.6) is 0 Å². The first-order valence-corrected chi connectivity index (χ1v) is 11.1. The molecule has 0 saturated heterocycles. The molecule has 16 heteroatoms. The van der Waals surface area contributed by atoms with Crippen molar-refractivity contribution >= 4 is 35.6 Å². The minimum Gasteiger partial charge on any atom is -0.480 e. The molecule has 1 aromatic rings. The molecule has 13 N–H and O–H groups in total. The lowest BCUT2D eigenvalue weighted by molar-refractivity contribution is -0.142. The zero-order valence-electron chi connectivity index (χ0n) is 19.9. The van der Waals surface area contributed by atoms with Crippen molar-refractivity contribution in [2.45, 2.75) is 63.2 Å². The molecule has 16 nitrogen and oxygen atoms in total. The summed E-state index contributed by atoms with van der Waals surface area (Å²) in [5.41, 5.74) is 21.8. The molecule has 1 heterocycles. The lowest BCUT2D eigenvalue weighted by atomic mass is 10.1. The molecule has 0 saturated carbocycles. The fourth-order valence-electron chi connectivity index (χ4n) is 2.99. The van der Waals surface area contributed by atoms with Crippen LogP contribution in [-0.2, 0) is 30.4 Å². The third-order valence-electron chi connectivity index (χ3n) is 4.90. The van der Waals surface area contributed by atoms with E-state index in [2.05, 4.69) is 30.9 Å². The van der Waals surface area contributed by atoms with Crippen LogP contribution in [0.4, 0.5) is 0 Å². The average Bonchev–Trinajstić information content (AvgIpc) is 3.30. The summed E-state index contributed by atoms with van der Waals surface area (Å²) < 4.78 is 0. The maximum Gasteiger partial charge on any atom is 0.326 e. The van der Waals surface area contributed by atoms with Gasteiger partial charge in [0.2, 0.25) is 23.6 Å². The Balaban J connectivity index is 3.05. The van der Waals surface area contributed by atoms with Gasteiger partial charge in [-0.05, 0) is 26.2 Å². The number of aromatic nitrogens is 2. The SMILES string of the molecule is CC(N)C(=O)NC(Cc1cnc[nH]1)C(=O)NC(CCCN=C(N)N)C(=O)NC(CCC(N)=O)C(=O)O. The maximum absolute atomic E-state index is 13.1. The number of aromatic amines is 1. The van der Waals surface area contributed by atoms with Crippen molar-refractivity contribution in [3.05, 3.63) is 18.2 Å². The molecule has 1 rings (SSSR count). The monoisotopic (exact) mass is 510 g/mol.